The molecule has 0 bridgehead atoms. The van der Waals surface area contributed by atoms with Crippen molar-refractivity contribution in [3.05, 3.63) is 16.1 Å². The lowest BCUT2D eigenvalue weighted by molar-refractivity contribution is 0.363. The van der Waals surface area contributed by atoms with Crippen LogP contribution in [-0.2, 0) is 12.8 Å². The third-order valence-electron chi connectivity index (χ3n) is 3.22. The normalized spacial score (nSPS) is 12.0. The first-order valence-electron chi connectivity index (χ1n) is 7.83. The van der Waals surface area contributed by atoms with Crippen LogP contribution in [0.1, 0.15) is 30.7 Å². The van der Waals surface area contributed by atoms with Gasteiger partial charge in [0.25, 0.3) is 0 Å². The van der Waals surface area contributed by atoms with Crippen molar-refractivity contribution in [2.75, 3.05) is 39.8 Å². The van der Waals surface area contributed by atoms with Gasteiger partial charge in [-0.25, -0.2) is 4.98 Å². The molecule has 0 radical (unpaired) electrons. The van der Waals surface area contributed by atoms with Gasteiger partial charge in [-0.15, -0.1) is 11.3 Å². The Kier molecular flexibility index (Phi) is 9.01. The molecule has 0 saturated carbocycles. The summed E-state index contributed by atoms with van der Waals surface area (Å²) in [5, 5.41) is 7.85. The minimum absolute atomic E-state index is 0.816. The van der Waals surface area contributed by atoms with Gasteiger partial charge in [0.05, 0.1) is 11.6 Å². The molecule has 120 valence electrons. The minimum Gasteiger partial charge on any atom is -0.357 e. The van der Waals surface area contributed by atoms with Gasteiger partial charge in [0.1, 0.15) is 0 Å². The van der Waals surface area contributed by atoms with E-state index in [0.29, 0.717) is 0 Å². The summed E-state index contributed by atoms with van der Waals surface area (Å²) in [6, 6.07) is 0. The maximum Gasteiger partial charge on any atom is 0.191 e. The summed E-state index contributed by atoms with van der Waals surface area (Å²) >= 11 is 1.80. The van der Waals surface area contributed by atoms with Crippen LogP contribution in [0.3, 0.4) is 0 Å². The Morgan fingerprint density at radius 2 is 2.14 bits per heavy atom. The zero-order valence-electron chi connectivity index (χ0n) is 13.8. The van der Waals surface area contributed by atoms with E-state index in [2.05, 4.69) is 53.3 Å². The number of guanidine groups is 1. The van der Waals surface area contributed by atoms with Crippen LogP contribution in [0.2, 0.25) is 0 Å². The second-order valence-corrected chi connectivity index (χ2v) is 6.11. The predicted molar refractivity (Wildman–Crippen MR) is 92.3 cm³/mol. The molecule has 0 spiro atoms. The number of hydrogen-bond acceptors (Lipinski definition) is 4. The topological polar surface area (TPSA) is 52.6 Å². The zero-order chi connectivity index (χ0) is 15.5. The van der Waals surface area contributed by atoms with Crippen LogP contribution in [0.15, 0.2) is 11.2 Å². The smallest absolute Gasteiger partial charge is 0.191 e. The maximum atomic E-state index is 4.59. The number of nitrogens with zero attached hydrogens (tertiary/aromatic N) is 3. The Morgan fingerprint density at radius 1 is 1.33 bits per heavy atom. The first-order chi connectivity index (χ1) is 10.2. The fourth-order valence-electron chi connectivity index (χ4n) is 1.75. The molecule has 5 nitrogen and oxygen atoms in total. The molecule has 0 saturated heterocycles. The van der Waals surface area contributed by atoms with E-state index in [1.54, 1.807) is 11.3 Å². The van der Waals surface area contributed by atoms with Gasteiger partial charge in [-0.1, -0.05) is 13.8 Å². The van der Waals surface area contributed by atoms with Crippen LogP contribution >= 0.6 is 11.3 Å². The van der Waals surface area contributed by atoms with Gasteiger partial charge < -0.3 is 15.5 Å². The summed E-state index contributed by atoms with van der Waals surface area (Å²) < 4.78 is 0. The Labute approximate surface area is 132 Å². The van der Waals surface area contributed by atoms with Crippen LogP contribution in [0.5, 0.6) is 0 Å². The Morgan fingerprint density at radius 3 is 2.76 bits per heavy atom. The van der Waals surface area contributed by atoms with Crippen molar-refractivity contribution in [2.24, 2.45) is 4.99 Å². The van der Waals surface area contributed by atoms with Crippen molar-refractivity contribution in [1.82, 2.24) is 20.5 Å². The Hall–Kier alpha value is -1.14. The van der Waals surface area contributed by atoms with E-state index >= 15 is 0 Å². The third-order valence-corrected chi connectivity index (χ3v) is 4.42. The second kappa shape index (κ2) is 10.6. The number of aromatic nitrogens is 1. The molecule has 0 aliphatic carbocycles. The molecule has 21 heavy (non-hydrogen) atoms. The van der Waals surface area contributed by atoms with Crippen molar-refractivity contribution < 1.29 is 0 Å². The van der Waals surface area contributed by atoms with Gasteiger partial charge in [-0.2, -0.15) is 0 Å². The van der Waals surface area contributed by atoms with Gasteiger partial charge in [-0.05, 0) is 26.9 Å². The van der Waals surface area contributed by atoms with Gasteiger partial charge >= 0.3 is 0 Å². The lowest BCUT2D eigenvalue weighted by atomic mass is 10.4. The Bertz CT molecular complexity index is 416. The average Bonchev–Trinajstić information content (AvgIpc) is 2.95. The van der Waals surface area contributed by atoms with Crippen LogP contribution < -0.4 is 10.6 Å². The van der Waals surface area contributed by atoms with Gasteiger partial charge in [-0.3, -0.25) is 4.99 Å². The van der Waals surface area contributed by atoms with Crippen molar-refractivity contribution >= 4 is 17.3 Å². The summed E-state index contributed by atoms with van der Waals surface area (Å²) in [5.41, 5.74) is 0. The number of thiazole rings is 1. The van der Waals surface area contributed by atoms with Crippen molar-refractivity contribution in [3.8, 4) is 0 Å². The molecule has 0 fully saturated rings. The van der Waals surface area contributed by atoms with Crippen molar-refractivity contribution in [1.29, 1.82) is 0 Å². The maximum absolute atomic E-state index is 4.59. The largest absolute Gasteiger partial charge is 0.357 e. The van der Waals surface area contributed by atoms with E-state index in [9.17, 15) is 0 Å². The summed E-state index contributed by atoms with van der Waals surface area (Å²) in [6.07, 6.45) is 4.00. The second-order valence-electron chi connectivity index (χ2n) is 4.91. The number of aryl methyl sites for hydroxylation is 1. The first kappa shape index (κ1) is 17.9. The molecule has 0 aliphatic heterocycles. The molecule has 2 N–H and O–H groups in total. The van der Waals surface area contributed by atoms with E-state index in [1.165, 1.54) is 9.88 Å². The first-order valence-corrected chi connectivity index (χ1v) is 8.65. The molecule has 0 aliphatic rings. The lowest BCUT2D eigenvalue weighted by Gasteiger charge is -2.14. The number of likely N-dealkylation sites (N-methyl/N-ethyl adjacent to an activating group) is 1. The summed E-state index contributed by atoms with van der Waals surface area (Å²) in [6.45, 7) is 11.0. The number of nitrogens with one attached hydrogen (secondary N) is 2. The van der Waals surface area contributed by atoms with E-state index in [4.69, 9.17) is 0 Å². The molecular weight excluding hydrogens is 282 g/mol. The molecule has 1 rings (SSSR count). The van der Waals surface area contributed by atoms with Crippen LogP contribution in [0, 0.1) is 0 Å². The molecule has 0 unspecified atom stereocenters. The molecule has 1 aromatic rings. The van der Waals surface area contributed by atoms with Gasteiger partial charge in [0.15, 0.2) is 5.96 Å². The highest BCUT2D eigenvalue weighted by atomic mass is 32.1. The Balaban J connectivity index is 2.34. The van der Waals surface area contributed by atoms with Gasteiger partial charge in [0, 0.05) is 37.1 Å². The number of aliphatic imine (C=N–C) groups is 1. The molecule has 0 amide bonds. The van der Waals surface area contributed by atoms with Gasteiger partial charge in [0.2, 0.25) is 0 Å². The van der Waals surface area contributed by atoms with Crippen LogP contribution in [-0.4, -0.2) is 55.6 Å². The highest BCUT2D eigenvalue weighted by molar-refractivity contribution is 7.11. The van der Waals surface area contributed by atoms with E-state index in [-0.39, 0.29) is 0 Å². The van der Waals surface area contributed by atoms with E-state index in [1.807, 2.05) is 6.20 Å². The quantitative estimate of drug-likeness (QED) is 0.539. The molecule has 6 heteroatoms. The minimum atomic E-state index is 0.816. The highest BCUT2D eigenvalue weighted by Crippen LogP contribution is 2.13. The van der Waals surface area contributed by atoms with E-state index < -0.39 is 0 Å². The van der Waals surface area contributed by atoms with Crippen LogP contribution in [0.25, 0.3) is 0 Å². The summed E-state index contributed by atoms with van der Waals surface area (Å²) in [4.78, 5) is 12.6. The lowest BCUT2D eigenvalue weighted by Crippen LogP contribution is -2.38. The van der Waals surface area contributed by atoms with Crippen LogP contribution in [0.4, 0.5) is 0 Å². The summed E-state index contributed by atoms with van der Waals surface area (Å²) in [7, 11) is 2.11. The highest BCUT2D eigenvalue weighted by Gasteiger charge is 2.02. The third kappa shape index (κ3) is 7.43. The monoisotopic (exact) mass is 311 g/mol. The fraction of sp³-hybridized carbons (Fsp3) is 0.733. The molecule has 1 heterocycles. The number of rotatable bonds is 9. The van der Waals surface area contributed by atoms with E-state index in [0.717, 1.165) is 51.5 Å². The van der Waals surface area contributed by atoms with Crippen molar-refractivity contribution in [2.45, 2.75) is 33.6 Å². The average molecular weight is 311 g/mol. The molecule has 1 aromatic heterocycles. The molecule has 0 aromatic carbocycles. The molecule has 0 atom stereocenters. The standard InChI is InChI=1S/C15H29N5S/c1-5-13-12-19-14(21-13)8-9-17-15(16-6-2)18-10-11-20(4)7-3/h12H,5-11H2,1-4H3,(H2,16,17,18). The number of hydrogen-bond donors (Lipinski definition) is 2. The SMILES string of the molecule is CCNC(=NCCN(C)CC)NCCc1ncc(CC)s1. The molecular formula is C15H29N5S. The predicted octanol–water partition coefficient (Wildman–Crippen LogP) is 1.75. The zero-order valence-corrected chi connectivity index (χ0v) is 14.6. The van der Waals surface area contributed by atoms with Crippen molar-refractivity contribution in [3.63, 3.8) is 0 Å². The fourth-order valence-corrected chi connectivity index (χ4v) is 2.61. The summed E-state index contributed by atoms with van der Waals surface area (Å²) in [5.74, 6) is 0.897.